The molecule has 0 amide bonds. The summed E-state index contributed by atoms with van der Waals surface area (Å²) in [6, 6.07) is 7.67. The lowest BCUT2D eigenvalue weighted by Gasteiger charge is -2.16. The van der Waals surface area contributed by atoms with E-state index in [0.717, 1.165) is 17.7 Å². The molecule has 4 rings (SSSR count). The van der Waals surface area contributed by atoms with Crippen molar-refractivity contribution in [1.29, 1.82) is 0 Å². The zero-order chi connectivity index (χ0) is 19.7. The summed E-state index contributed by atoms with van der Waals surface area (Å²) < 4.78 is 7.09. The maximum Gasteiger partial charge on any atom is 0.167 e. The largest absolute Gasteiger partial charge is 0.399 e. The smallest absolute Gasteiger partial charge is 0.167 e. The van der Waals surface area contributed by atoms with E-state index in [9.17, 15) is 15.3 Å². The van der Waals surface area contributed by atoms with Gasteiger partial charge in [-0.3, -0.25) is 4.57 Å². The van der Waals surface area contributed by atoms with Crippen LogP contribution in [0.25, 0.3) is 11.2 Å². The molecule has 2 aromatic heterocycles. The van der Waals surface area contributed by atoms with E-state index >= 15 is 0 Å². The number of nitrogen functional groups attached to an aromatic ring is 1. The van der Waals surface area contributed by atoms with Crippen LogP contribution in [0.2, 0.25) is 0 Å². The van der Waals surface area contributed by atoms with Crippen molar-refractivity contribution in [1.82, 2.24) is 19.5 Å². The van der Waals surface area contributed by atoms with Crippen molar-refractivity contribution in [2.24, 2.45) is 0 Å². The van der Waals surface area contributed by atoms with Crippen LogP contribution in [0, 0.1) is 0 Å². The fourth-order valence-corrected chi connectivity index (χ4v) is 3.29. The second kappa shape index (κ2) is 7.68. The molecule has 3 aromatic rings. The van der Waals surface area contributed by atoms with Gasteiger partial charge in [-0.2, -0.15) is 0 Å². The highest BCUT2D eigenvalue weighted by Gasteiger charge is 2.44. The first kappa shape index (κ1) is 18.6. The highest BCUT2D eigenvalue weighted by atomic mass is 16.6. The number of aliphatic hydroxyl groups excluding tert-OH is 3. The molecule has 1 aliphatic heterocycles. The zero-order valence-electron chi connectivity index (χ0n) is 15.0. The second-order valence-electron chi connectivity index (χ2n) is 6.69. The van der Waals surface area contributed by atoms with Gasteiger partial charge in [-0.25, -0.2) is 15.0 Å². The number of nitrogens with two attached hydrogens (primary N) is 1. The Morgan fingerprint density at radius 1 is 1.11 bits per heavy atom. The summed E-state index contributed by atoms with van der Waals surface area (Å²) >= 11 is 0. The predicted octanol–water partition coefficient (Wildman–Crippen LogP) is -0.325. The Hall–Kier alpha value is -2.79. The summed E-state index contributed by atoms with van der Waals surface area (Å²) in [6.45, 7) is 0.241. The van der Waals surface area contributed by atoms with Gasteiger partial charge in [0, 0.05) is 12.2 Å². The molecule has 10 heteroatoms. The van der Waals surface area contributed by atoms with Gasteiger partial charge in [-0.05, 0) is 24.1 Å². The molecule has 3 heterocycles. The van der Waals surface area contributed by atoms with Gasteiger partial charge in [0.05, 0.1) is 12.9 Å². The molecule has 10 nitrogen and oxygen atoms in total. The van der Waals surface area contributed by atoms with Crippen molar-refractivity contribution in [2.75, 3.05) is 24.2 Å². The molecule has 28 heavy (non-hydrogen) atoms. The summed E-state index contributed by atoms with van der Waals surface area (Å²) in [6.07, 6.45) is -0.496. The molecule has 148 valence electrons. The molecule has 6 N–H and O–H groups in total. The summed E-state index contributed by atoms with van der Waals surface area (Å²) in [5.41, 5.74) is 8.55. The van der Waals surface area contributed by atoms with Crippen LogP contribution in [-0.2, 0) is 11.2 Å². The van der Waals surface area contributed by atoms with E-state index < -0.39 is 31.1 Å². The summed E-state index contributed by atoms with van der Waals surface area (Å²) in [5.74, 6) is 0.561. The normalized spacial score (nSPS) is 24.7. The van der Waals surface area contributed by atoms with E-state index in [4.69, 9.17) is 10.5 Å². The van der Waals surface area contributed by atoms with E-state index in [2.05, 4.69) is 20.3 Å². The maximum absolute atomic E-state index is 10.2. The molecule has 4 atom stereocenters. The SMILES string of the molecule is Nc1ccc(CCNc2ncnc3c2ncn3[C@@H]2O[C@H](CO)C(O)C2O)cc1. The van der Waals surface area contributed by atoms with Gasteiger partial charge in [-0.1, -0.05) is 12.1 Å². The number of nitrogens with one attached hydrogen (secondary N) is 1. The lowest BCUT2D eigenvalue weighted by atomic mass is 10.1. The maximum atomic E-state index is 10.2. The van der Waals surface area contributed by atoms with E-state index in [1.54, 1.807) is 0 Å². The third-order valence-electron chi connectivity index (χ3n) is 4.84. The highest BCUT2D eigenvalue weighted by molar-refractivity contribution is 5.82. The molecule has 1 aliphatic rings. The fourth-order valence-electron chi connectivity index (χ4n) is 3.29. The van der Waals surface area contributed by atoms with Gasteiger partial charge in [-0.15, -0.1) is 0 Å². The Bertz CT molecular complexity index is 947. The number of aliphatic hydroxyl groups is 3. The number of aromatic nitrogens is 4. The van der Waals surface area contributed by atoms with Crippen molar-refractivity contribution in [3.63, 3.8) is 0 Å². The van der Waals surface area contributed by atoms with Gasteiger partial charge in [0.2, 0.25) is 0 Å². The van der Waals surface area contributed by atoms with Crippen LogP contribution < -0.4 is 11.1 Å². The average molecular weight is 386 g/mol. The van der Waals surface area contributed by atoms with Crippen molar-refractivity contribution in [3.05, 3.63) is 42.5 Å². The van der Waals surface area contributed by atoms with E-state index in [1.807, 2.05) is 24.3 Å². The molecule has 0 aliphatic carbocycles. The third-order valence-corrected chi connectivity index (χ3v) is 4.84. The molecule has 0 bridgehead atoms. The van der Waals surface area contributed by atoms with Crippen LogP contribution in [0.4, 0.5) is 11.5 Å². The quantitative estimate of drug-likeness (QED) is 0.359. The first-order chi connectivity index (χ1) is 13.6. The second-order valence-corrected chi connectivity index (χ2v) is 6.69. The number of benzene rings is 1. The van der Waals surface area contributed by atoms with Crippen LogP contribution in [0.3, 0.4) is 0 Å². The van der Waals surface area contributed by atoms with E-state index in [0.29, 0.717) is 23.5 Å². The van der Waals surface area contributed by atoms with E-state index in [1.165, 1.54) is 17.2 Å². The Kier molecular flexibility index (Phi) is 5.09. The lowest BCUT2D eigenvalue weighted by molar-refractivity contribution is -0.0511. The van der Waals surface area contributed by atoms with Gasteiger partial charge in [0.25, 0.3) is 0 Å². The summed E-state index contributed by atoms with van der Waals surface area (Å²) in [4.78, 5) is 12.8. The van der Waals surface area contributed by atoms with Crippen molar-refractivity contribution in [3.8, 4) is 0 Å². The lowest BCUT2D eigenvalue weighted by Crippen LogP contribution is -2.33. The van der Waals surface area contributed by atoms with Gasteiger partial charge in [0.1, 0.15) is 24.6 Å². The minimum Gasteiger partial charge on any atom is -0.399 e. The Balaban J connectivity index is 1.51. The number of imidazole rings is 1. The fraction of sp³-hybridized carbons (Fsp3) is 0.389. The zero-order valence-corrected chi connectivity index (χ0v) is 15.0. The molecular formula is C18H22N6O4. The molecule has 1 saturated heterocycles. The summed E-state index contributed by atoms with van der Waals surface area (Å²) in [5, 5.41) is 32.7. The third kappa shape index (κ3) is 3.38. The van der Waals surface area contributed by atoms with Crippen LogP contribution in [0.1, 0.15) is 11.8 Å². The molecule has 0 saturated carbocycles. The predicted molar refractivity (Wildman–Crippen MR) is 101 cm³/mol. The Morgan fingerprint density at radius 3 is 2.61 bits per heavy atom. The molecule has 2 unspecified atom stereocenters. The van der Waals surface area contributed by atoms with Crippen LogP contribution in [-0.4, -0.2) is 66.3 Å². The van der Waals surface area contributed by atoms with Crippen LogP contribution in [0.5, 0.6) is 0 Å². The minimum absolute atomic E-state index is 0.395. The number of nitrogens with zero attached hydrogens (tertiary/aromatic N) is 4. The number of ether oxygens (including phenoxy) is 1. The molecule has 1 fully saturated rings. The number of rotatable bonds is 6. The monoisotopic (exact) mass is 386 g/mol. The van der Waals surface area contributed by atoms with Crippen LogP contribution >= 0.6 is 0 Å². The van der Waals surface area contributed by atoms with Crippen molar-refractivity contribution >= 4 is 22.7 Å². The van der Waals surface area contributed by atoms with Crippen molar-refractivity contribution in [2.45, 2.75) is 31.0 Å². The van der Waals surface area contributed by atoms with Gasteiger partial charge >= 0.3 is 0 Å². The van der Waals surface area contributed by atoms with Gasteiger partial charge in [0.15, 0.2) is 23.2 Å². The summed E-state index contributed by atoms with van der Waals surface area (Å²) in [7, 11) is 0. The van der Waals surface area contributed by atoms with Crippen molar-refractivity contribution < 1.29 is 20.1 Å². The average Bonchev–Trinajstić information content (AvgIpc) is 3.25. The Labute approximate surface area is 160 Å². The first-order valence-corrected chi connectivity index (χ1v) is 8.96. The van der Waals surface area contributed by atoms with Gasteiger partial charge < -0.3 is 31.1 Å². The molecule has 1 aromatic carbocycles. The topological polar surface area (TPSA) is 152 Å². The standard InChI is InChI=1S/C18H22N6O4/c19-11-3-1-10(2-4-11)5-6-20-16-13-17(22-8-21-16)24(9-23-13)18-15(27)14(26)12(7-25)28-18/h1-4,8-9,12,14-15,18,25-27H,5-7,19H2,(H,20,21,22)/t12-,14?,15?,18-/m1/s1. The molecule has 0 spiro atoms. The van der Waals surface area contributed by atoms with Crippen LogP contribution in [0.15, 0.2) is 36.9 Å². The Morgan fingerprint density at radius 2 is 1.89 bits per heavy atom. The number of fused-ring (bicyclic) bond motifs is 1. The molecule has 0 radical (unpaired) electrons. The number of hydrogen-bond acceptors (Lipinski definition) is 9. The number of hydrogen-bond donors (Lipinski definition) is 5. The highest BCUT2D eigenvalue weighted by Crippen LogP contribution is 2.32. The van der Waals surface area contributed by atoms with E-state index in [-0.39, 0.29) is 0 Å². The minimum atomic E-state index is -1.20. The molecular weight excluding hydrogens is 364 g/mol. The number of anilines is 2. The first-order valence-electron chi connectivity index (χ1n) is 8.96.